The Balaban J connectivity index is 1.95. The third kappa shape index (κ3) is 3.75. The summed E-state index contributed by atoms with van der Waals surface area (Å²) in [6, 6.07) is 11.1. The van der Waals surface area contributed by atoms with Gasteiger partial charge in [-0.2, -0.15) is 0 Å². The average Bonchev–Trinajstić information content (AvgIpc) is 2.46. The van der Waals surface area contributed by atoms with Crippen molar-refractivity contribution in [3.05, 3.63) is 52.1 Å². The Hall–Kier alpha value is -1.95. The van der Waals surface area contributed by atoms with Crippen LogP contribution in [-0.4, -0.2) is 23.2 Å². The van der Waals surface area contributed by atoms with Crippen molar-refractivity contribution in [2.45, 2.75) is 6.54 Å². The Morgan fingerprint density at radius 1 is 1.16 bits per heavy atom. The number of hydrogen-bond acceptors (Lipinski definition) is 4. The van der Waals surface area contributed by atoms with E-state index in [4.69, 9.17) is 0 Å². The molecule has 1 amide bonds. The van der Waals surface area contributed by atoms with Crippen LogP contribution >= 0.6 is 15.9 Å². The summed E-state index contributed by atoms with van der Waals surface area (Å²) in [6.07, 6.45) is 0. The second kappa shape index (κ2) is 6.29. The molecule has 0 saturated heterocycles. The van der Waals surface area contributed by atoms with Gasteiger partial charge in [-0.25, -0.2) is 0 Å². The highest BCUT2D eigenvalue weighted by Crippen LogP contribution is 2.10. The first-order valence-corrected chi connectivity index (χ1v) is 6.52. The zero-order valence-corrected chi connectivity index (χ0v) is 11.9. The van der Waals surface area contributed by atoms with Gasteiger partial charge in [0.05, 0.1) is 0 Å². The lowest BCUT2D eigenvalue weighted by Gasteiger charge is -2.05. The molecule has 1 aromatic carbocycles. The number of halogens is 1. The number of anilines is 1. The largest absolute Gasteiger partial charge is 0.372 e. The average molecular weight is 321 g/mol. The van der Waals surface area contributed by atoms with Gasteiger partial charge in [-0.1, -0.05) is 28.1 Å². The predicted molar refractivity (Wildman–Crippen MR) is 76.9 cm³/mol. The minimum absolute atomic E-state index is 0.238. The molecule has 0 saturated carbocycles. The molecule has 0 aliphatic heterocycles. The van der Waals surface area contributed by atoms with Crippen LogP contribution in [0, 0.1) is 0 Å². The van der Waals surface area contributed by atoms with Crippen molar-refractivity contribution in [2.24, 2.45) is 0 Å². The number of nitrogens with zero attached hydrogens (tertiary/aromatic N) is 2. The third-order valence-electron chi connectivity index (χ3n) is 2.52. The second-order valence-electron chi connectivity index (χ2n) is 3.86. The minimum atomic E-state index is -0.238. The monoisotopic (exact) mass is 320 g/mol. The second-order valence-corrected chi connectivity index (χ2v) is 4.78. The zero-order valence-electron chi connectivity index (χ0n) is 10.4. The molecule has 98 valence electrons. The van der Waals surface area contributed by atoms with Crippen LogP contribution in [0.2, 0.25) is 0 Å². The van der Waals surface area contributed by atoms with E-state index in [9.17, 15) is 4.79 Å². The van der Waals surface area contributed by atoms with Crippen LogP contribution in [-0.2, 0) is 6.54 Å². The number of carbonyl (C=O) groups excluding carboxylic acids is 1. The molecule has 19 heavy (non-hydrogen) atoms. The van der Waals surface area contributed by atoms with Crippen molar-refractivity contribution < 1.29 is 4.79 Å². The molecule has 0 fully saturated rings. The highest BCUT2D eigenvalue weighted by Gasteiger charge is 2.07. The van der Waals surface area contributed by atoms with Gasteiger partial charge in [0.1, 0.15) is 5.82 Å². The molecule has 6 heteroatoms. The van der Waals surface area contributed by atoms with Crippen molar-refractivity contribution in [2.75, 3.05) is 12.4 Å². The van der Waals surface area contributed by atoms with E-state index in [1.54, 1.807) is 19.2 Å². The molecule has 2 rings (SSSR count). The summed E-state index contributed by atoms with van der Waals surface area (Å²) in [7, 11) is 1.75. The summed E-state index contributed by atoms with van der Waals surface area (Å²) in [5.41, 5.74) is 1.33. The topological polar surface area (TPSA) is 66.9 Å². The zero-order chi connectivity index (χ0) is 13.7. The van der Waals surface area contributed by atoms with E-state index in [0.29, 0.717) is 18.1 Å². The third-order valence-corrected chi connectivity index (χ3v) is 3.05. The van der Waals surface area contributed by atoms with Crippen molar-refractivity contribution in [3.8, 4) is 0 Å². The summed E-state index contributed by atoms with van der Waals surface area (Å²) >= 11 is 3.36. The summed E-state index contributed by atoms with van der Waals surface area (Å²) in [4.78, 5) is 11.8. The van der Waals surface area contributed by atoms with E-state index >= 15 is 0 Å². The van der Waals surface area contributed by atoms with Gasteiger partial charge in [0.2, 0.25) is 0 Å². The van der Waals surface area contributed by atoms with E-state index in [0.717, 1.165) is 10.0 Å². The molecule has 5 nitrogen and oxygen atoms in total. The first-order chi connectivity index (χ1) is 9.19. The molecule has 0 spiro atoms. The first-order valence-electron chi connectivity index (χ1n) is 5.73. The molecule has 0 aliphatic carbocycles. The SMILES string of the molecule is CNc1ccc(C(=O)NCc2ccc(Br)cc2)nn1. The van der Waals surface area contributed by atoms with Gasteiger partial charge in [0, 0.05) is 18.1 Å². The fourth-order valence-corrected chi connectivity index (χ4v) is 1.73. The summed E-state index contributed by atoms with van der Waals surface area (Å²) in [5.74, 6) is 0.391. The molecular weight excluding hydrogens is 308 g/mol. The van der Waals surface area contributed by atoms with Gasteiger partial charge in [0.25, 0.3) is 5.91 Å². The lowest BCUT2D eigenvalue weighted by Crippen LogP contribution is -2.24. The Labute approximate surface area is 119 Å². The van der Waals surface area contributed by atoms with Crippen molar-refractivity contribution in [3.63, 3.8) is 0 Å². The van der Waals surface area contributed by atoms with E-state index in [1.165, 1.54) is 0 Å². The smallest absolute Gasteiger partial charge is 0.272 e. The number of hydrogen-bond donors (Lipinski definition) is 2. The molecule has 1 heterocycles. The number of amides is 1. The normalized spacial score (nSPS) is 10.0. The standard InChI is InChI=1S/C13H13BrN4O/c1-15-12-7-6-11(17-18-12)13(19)16-8-9-2-4-10(14)5-3-9/h2-7H,8H2,1H3,(H,15,18)(H,16,19). The van der Waals surface area contributed by atoms with Crippen LogP contribution < -0.4 is 10.6 Å². The fraction of sp³-hybridized carbons (Fsp3) is 0.154. The molecule has 0 radical (unpaired) electrons. The molecule has 1 aromatic heterocycles. The first kappa shape index (κ1) is 13.5. The van der Waals surface area contributed by atoms with Crippen LogP contribution in [0.5, 0.6) is 0 Å². The highest BCUT2D eigenvalue weighted by molar-refractivity contribution is 9.10. The van der Waals surface area contributed by atoms with Crippen LogP contribution in [0.15, 0.2) is 40.9 Å². The molecule has 0 unspecified atom stereocenters. The van der Waals surface area contributed by atoms with E-state index in [2.05, 4.69) is 36.8 Å². The van der Waals surface area contributed by atoms with E-state index < -0.39 is 0 Å². The van der Waals surface area contributed by atoms with Gasteiger partial charge in [-0.15, -0.1) is 10.2 Å². The summed E-state index contributed by atoms with van der Waals surface area (Å²) in [6.45, 7) is 0.460. The number of nitrogens with one attached hydrogen (secondary N) is 2. The number of rotatable bonds is 4. The van der Waals surface area contributed by atoms with Crippen LogP contribution in [0.1, 0.15) is 16.1 Å². The Morgan fingerprint density at radius 2 is 1.89 bits per heavy atom. The summed E-state index contributed by atoms with van der Waals surface area (Å²) in [5, 5.41) is 13.3. The molecule has 0 aliphatic rings. The Kier molecular flexibility index (Phi) is 4.46. The maximum Gasteiger partial charge on any atom is 0.272 e. The number of carbonyl (C=O) groups is 1. The number of benzene rings is 1. The Morgan fingerprint density at radius 3 is 2.47 bits per heavy atom. The molecule has 2 aromatic rings. The van der Waals surface area contributed by atoms with Gasteiger partial charge >= 0.3 is 0 Å². The molecule has 0 bridgehead atoms. The quantitative estimate of drug-likeness (QED) is 0.906. The van der Waals surface area contributed by atoms with Gasteiger partial charge in [0.15, 0.2) is 5.69 Å². The van der Waals surface area contributed by atoms with Crippen LogP contribution in [0.3, 0.4) is 0 Å². The van der Waals surface area contributed by atoms with Gasteiger partial charge < -0.3 is 10.6 Å². The van der Waals surface area contributed by atoms with Crippen LogP contribution in [0.25, 0.3) is 0 Å². The fourth-order valence-electron chi connectivity index (χ4n) is 1.46. The lowest BCUT2D eigenvalue weighted by atomic mass is 10.2. The van der Waals surface area contributed by atoms with Crippen molar-refractivity contribution in [1.29, 1.82) is 0 Å². The van der Waals surface area contributed by atoms with E-state index in [1.807, 2.05) is 24.3 Å². The predicted octanol–water partition coefficient (Wildman–Crippen LogP) is 2.21. The highest BCUT2D eigenvalue weighted by atomic mass is 79.9. The maximum absolute atomic E-state index is 11.8. The van der Waals surface area contributed by atoms with Crippen LogP contribution in [0.4, 0.5) is 5.82 Å². The van der Waals surface area contributed by atoms with Crippen molar-refractivity contribution >= 4 is 27.7 Å². The molecule has 0 atom stereocenters. The van der Waals surface area contributed by atoms with E-state index in [-0.39, 0.29) is 5.91 Å². The molecular formula is C13H13BrN4O. The summed E-state index contributed by atoms with van der Waals surface area (Å²) < 4.78 is 1.01. The van der Waals surface area contributed by atoms with Gasteiger partial charge in [-0.05, 0) is 29.8 Å². The van der Waals surface area contributed by atoms with Crippen molar-refractivity contribution in [1.82, 2.24) is 15.5 Å². The number of aromatic nitrogens is 2. The Bertz CT molecular complexity index is 554. The lowest BCUT2D eigenvalue weighted by molar-refractivity contribution is 0.0945. The maximum atomic E-state index is 11.8. The molecule has 2 N–H and O–H groups in total. The van der Waals surface area contributed by atoms with Gasteiger partial charge in [-0.3, -0.25) is 4.79 Å². The minimum Gasteiger partial charge on any atom is -0.372 e.